The van der Waals surface area contributed by atoms with Gasteiger partial charge in [-0.3, -0.25) is 0 Å². The van der Waals surface area contributed by atoms with Gasteiger partial charge < -0.3 is 10.6 Å². The van der Waals surface area contributed by atoms with Crippen molar-refractivity contribution in [1.29, 1.82) is 0 Å². The lowest BCUT2D eigenvalue weighted by Gasteiger charge is -2.36. The van der Waals surface area contributed by atoms with Crippen molar-refractivity contribution < 1.29 is 0 Å². The van der Waals surface area contributed by atoms with Crippen LogP contribution in [0.4, 0.5) is 0 Å². The molecule has 2 atom stereocenters. The number of piperidine rings is 1. The Morgan fingerprint density at radius 3 is 2.38 bits per heavy atom. The van der Waals surface area contributed by atoms with Crippen LogP contribution < -0.4 is 5.73 Å². The van der Waals surface area contributed by atoms with Crippen LogP contribution in [-0.4, -0.2) is 30.6 Å². The molecule has 0 amide bonds. The van der Waals surface area contributed by atoms with Gasteiger partial charge in [0.15, 0.2) is 0 Å². The third-order valence-corrected chi connectivity index (χ3v) is 4.59. The van der Waals surface area contributed by atoms with E-state index in [9.17, 15) is 0 Å². The second-order valence-corrected chi connectivity index (χ2v) is 6.05. The fraction of sp³-hybridized carbons (Fsp3) is 1.00. The summed E-state index contributed by atoms with van der Waals surface area (Å²) in [6.07, 6.45) is 10.1. The maximum absolute atomic E-state index is 6.16. The summed E-state index contributed by atoms with van der Waals surface area (Å²) in [7, 11) is 0. The molecule has 0 radical (unpaired) electrons. The average Bonchev–Trinajstić information content (AvgIpc) is 2.52. The molecule has 0 spiro atoms. The van der Waals surface area contributed by atoms with Gasteiger partial charge in [-0.2, -0.15) is 0 Å². The predicted molar refractivity (Wildman–Crippen MR) is 69.4 cm³/mol. The number of nitrogens with zero attached hydrogens (tertiary/aromatic N) is 1. The number of likely N-dealkylation sites (tertiary alicyclic amines) is 1. The van der Waals surface area contributed by atoms with Crippen LogP contribution in [0.1, 0.15) is 51.9 Å². The fourth-order valence-electron chi connectivity index (χ4n) is 3.25. The highest BCUT2D eigenvalue weighted by molar-refractivity contribution is 4.82. The van der Waals surface area contributed by atoms with E-state index in [1.807, 2.05) is 0 Å². The molecule has 2 heteroatoms. The lowest BCUT2D eigenvalue weighted by Crippen LogP contribution is -2.48. The molecule has 0 aromatic heterocycles. The zero-order valence-electron chi connectivity index (χ0n) is 10.8. The van der Waals surface area contributed by atoms with E-state index in [0.717, 1.165) is 18.4 Å². The minimum Gasteiger partial charge on any atom is -0.326 e. The zero-order valence-corrected chi connectivity index (χ0v) is 10.8. The van der Waals surface area contributed by atoms with Crippen molar-refractivity contribution in [3.8, 4) is 0 Å². The molecule has 2 unspecified atom stereocenters. The Kier molecular flexibility index (Phi) is 4.66. The highest BCUT2D eigenvalue weighted by atomic mass is 15.1. The summed E-state index contributed by atoms with van der Waals surface area (Å²) in [4.78, 5) is 2.63. The largest absolute Gasteiger partial charge is 0.326 e. The molecule has 2 nitrogen and oxygen atoms in total. The quantitative estimate of drug-likeness (QED) is 0.731. The van der Waals surface area contributed by atoms with Crippen molar-refractivity contribution in [3.63, 3.8) is 0 Å². The maximum atomic E-state index is 6.16. The van der Waals surface area contributed by atoms with Crippen molar-refractivity contribution in [1.82, 2.24) is 4.90 Å². The van der Waals surface area contributed by atoms with Crippen LogP contribution >= 0.6 is 0 Å². The molecule has 2 N–H and O–H groups in total. The number of rotatable bonds is 2. The Balaban J connectivity index is 1.75. The molecule has 1 saturated heterocycles. The van der Waals surface area contributed by atoms with Gasteiger partial charge in [-0.05, 0) is 37.6 Å². The molecule has 1 heterocycles. The zero-order chi connectivity index (χ0) is 11.4. The van der Waals surface area contributed by atoms with E-state index in [4.69, 9.17) is 5.73 Å². The van der Waals surface area contributed by atoms with E-state index in [1.165, 1.54) is 58.0 Å². The SMILES string of the molecule is CC1CCN(CC2CCCCCC2)CC1N. The van der Waals surface area contributed by atoms with Gasteiger partial charge >= 0.3 is 0 Å². The third-order valence-electron chi connectivity index (χ3n) is 4.59. The highest BCUT2D eigenvalue weighted by Crippen LogP contribution is 2.25. The lowest BCUT2D eigenvalue weighted by molar-refractivity contribution is 0.142. The van der Waals surface area contributed by atoms with Gasteiger partial charge in [0.2, 0.25) is 0 Å². The van der Waals surface area contributed by atoms with E-state index in [2.05, 4.69) is 11.8 Å². The summed E-state index contributed by atoms with van der Waals surface area (Å²) in [5, 5.41) is 0. The van der Waals surface area contributed by atoms with Crippen molar-refractivity contribution >= 4 is 0 Å². The van der Waals surface area contributed by atoms with Crippen LogP contribution in [0.15, 0.2) is 0 Å². The topological polar surface area (TPSA) is 29.3 Å². The predicted octanol–water partition coefficient (Wildman–Crippen LogP) is 2.63. The van der Waals surface area contributed by atoms with Crippen LogP contribution in [0.3, 0.4) is 0 Å². The van der Waals surface area contributed by atoms with E-state index >= 15 is 0 Å². The Labute approximate surface area is 101 Å². The first-order valence-electron chi connectivity index (χ1n) is 7.23. The van der Waals surface area contributed by atoms with E-state index in [-0.39, 0.29) is 0 Å². The van der Waals surface area contributed by atoms with Crippen molar-refractivity contribution in [2.75, 3.05) is 19.6 Å². The molecule has 2 rings (SSSR count). The van der Waals surface area contributed by atoms with Crippen LogP contribution in [-0.2, 0) is 0 Å². The van der Waals surface area contributed by atoms with Gasteiger partial charge in [0.1, 0.15) is 0 Å². The van der Waals surface area contributed by atoms with Crippen LogP contribution in [0.25, 0.3) is 0 Å². The normalized spacial score (nSPS) is 34.9. The van der Waals surface area contributed by atoms with E-state index < -0.39 is 0 Å². The average molecular weight is 224 g/mol. The van der Waals surface area contributed by atoms with Gasteiger partial charge in [-0.1, -0.05) is 32.6 Å². The van der Waals surface area contributed by atoms with Gasteiger partial charge in [0.05, 0.1) is 0 Å². The molecule has 0 aromatic rings. The van der Waals surface area contributed by atoms with Gasteiger partial charge in [0.25, 0.3) is 0 Å². The summed E-state index contributed by atoms with van der Waals surface area (Å²) in [6.45, 7) is 6.04. The third kappa shape index (κ3) is 3.46. The first-order chi connectivity index (χ1) is 7.75. The molecule has 1 saturated carbocycles. The Bertz CT molecular complexity index is 197. The van der Waals surface area contributed by atoms with Gasteiger partial charge in [-0.15, -0.1) is 0 Å². The second kappa shape index (κ2) is 6.02. The van der Waals surface area contributed by atoms with E-state index in [0.29, 0.717) is 6.04 Å². The Morgan fingerprint density at radius 2 is 1.75 bits per heavy atom. The smallest absolute Gasteiger partial charge is 0.0194 e. The second-order valence-electron chi connectivity index (χ2n) is 6.05. The Hall–Kier alpha value is -0.0800. The van der Waals surface area contributed by atoms with Crippen molar-refractivity contribution in [2.45, 2.75) is 57.9 Å². The number of nitrogens with two attached hydrogens (primary N) is 1. The van der Waals surface area contributed by atoms with Gasteiger partial charge in [0, 0.05) is 19.1 Å². The monoisotopic (exact) mass is 224 g/mol. The lowest BCUT2D eigenvalue weighted by atomic mass is 9.92. The molecule has 1 aliphatic carbocycles. The molecule has 16 heavy (non-hydrogen) atoms. The molecule has 2 fully saturated rings. The highest BCUT2D eigenvalue weighted by Gasteiger charge is 2.25. The molecule has 1 aliphatic heterocycles. The van der Waals surface area contributed by atoms with E-state index in [1.54, 1.807) is 0 Å². The molecule has 0 bridgehead atoms. The van der Waals surface area contributed by atoms with Gasteiger partial charge in [-0.25, -0.2) is 0 Å². The van der Waals surface area contributed by atoms with Crippen molar-refractivity contribution in [3.05, 3.63) is 0 Å². The first-order valence-corrected chi connectivity index (χ1v) is 7.23. The number of hydrogen-bond acceptors (Lipinski definition) is 2. The summed E-state index contributed by atoms with van der Waals surface area (Å²) >= 11 is 0. The minimum absolute atomic E-state index is 0.416. The summed E-state index contributed by atoms with van der Waals surface area (Å²) in [5.41, 5.74) is 6.16. The first kappa shape index (κ1) is 12.4. The summed E-state index contributed by atoms with van der Waals surface area (Å²) in [6, 6.07) is 0.416. The minimum atomic E-state index is 0.416. The summed E-state index contributed by atoms with van der Waals surface area (Å²) in [5.74, 6) is 1.69. The molecule has 0 aromatic carbocycles. The molecular formula is C14H28N2. The fourth-order valence-corrected chi connectivity index (χ4v) is 3.25. The Morgan fingerprint density at radius 1 is 1.06 bits per heavy atom. The number of hydrogen-bond donors (Lipinski definition) is 1. The maximum Gasteiger partial charge on any atom is 0.0194 e. The van der Waals surface area contributed by atoms with Crippen LogP contribution in [0.2, 0.25) is 0 Å². The van der Waals surface area contributed by atoms with Crippen LogP contribution in [0, 0.1) is 11.8 Å². The molecular weight excluding hydrogens is 196 g/mol. The van der Waals surface area contributed by atoms with Crippen LogP contribution in [0.5, 0.6) is 0 Å². The van der Waals surface area contributed by atoms with Crippen molar-refractivity contribution in [2.24, 2.45) is 17.6 Å². The standard InChI is InChI=1S/C14H28N2/c1-12-8-9-16(11-14(12)15)10-13-6-4-2-3-5-7-13/h12-14H,2-11,15H2,1H3. The summed E-state index contributed by atoms with van der Waals surface area (Å²) < 4.78 is 0. The molecule has 94 valence electrons. The molecule has 2 aliphatic rings.